The molecule has 146 valence electrons. The molecular weight excluding hydrogens is 370 g/mol. The first-order chi connectivity index (χ1) is 14.0. The lowest BCUT2D eigenvalue weighted by molar-refractivity contribution is 0.0794. The minimum Gasteiger partial charge on any atom is -0.454 e. The lowest BCUT2D eigenvalue weighted by Gasteiger charge is -2.07. The van der Waals surface area contributed by atoms with Crippen LogP contribution in [0.1, 0.15) is 26.7 Å². The molecule has 0 aliphatic heterocycles. The summed E-state index contributed by atoms with van der Waals surface area (Å²) >= 11 is 0. The van der Waals surface area contributed by atoms with Crippen LogP contribution in [0.25, 0.3) is 16.9 Å². The summed E-state index contributed by atoms with van der Waals surface area (Å²) in [4.78, 5) is 34.5. The Morgan fingerprint density at radius 1 is 1.10 bits per heavy atom. The van der Waals surface area contributed by atoms with Crippen molar-refractivity contribution in [1.29, 1.82) is 0 Å². The highest BCUT2D eigenvalue weighted by molar-refractivity contribution is 5.96. The van der Waals surface area contributed by atoms with Gasteiger partial charge in [0, 0.05) is 26.0 Å². The number of benzene rings is 1. The summed E-state index contributed by atoms with van der Waals surface area (Å²) in [7, 11) is 3.29. The number of imidazole rings is 1. The van der Waals surface area contributed by atoms with Crippen LogP contribution in [0.4, 0.5) is 0 Å². The zero-order chi connectivity index (χ0) is 20.4. The van der Waals surface area contributed by atoms with Gasteiger partial charge in [-0.15, -0.1) is 0 Å². The third-order valence-electron chi connectivity index (χ3n) is 4.39. The van der Waals surface area contributed by atoms with E-state index in [-0.39, 0.29) is 24.1 Å². The minimum absolute atomic E-state index is 0.163. The molecule has 1 N–H and O–H groups in total. The Labute approximate surface area is 166 Å². The van der Waals surface area contributed by atoms with E-state index < -0.39 is 0 Å². The summed E-state index contributed by atoms with van der Waals surface area (Å²) in [6, 6.07) is 14.7. The number of hydrogen-bond donors (Lipinski definition) is 1. The van der Waals surface area contributed by atoms with Gasteiger partial charge in [-0.25, -0.2) is 9.97 Å². The van der Waals surface area contributed by atoms with Crippen molar-refractivity contribution in [1.82, 2.24) is 24.8 Å². The summed E-state index contributed by atoms with van der Waals surface area (Å²) in [5, 5.41) is 2.77. The molecule has 0 aliphatic rings. The van der Waals surface area contributed by atoms with Crippen molar-refractivity contribution in [2.45, 2.75) is 6.54 Å². The Kier molecular flexibility index (Phi) is 4.82. The number of rotatable bonds is 5. The van der Waals surface area contributed by atoms with Gasteiger partial charge in [0.1, 0.15) is 17.6 Å². The number of furan rings is 1. The van der Waals surface area contributed by atoms with Gasteiger partial charge in [0.2, 0.25) is 0 Å². The zero-order valence-corrected chi connectivity index (χ0v) is 16.0. The van der Waals surface area contributed by atoms with Gasteiger partial charge in [0.15, 0.2) is 11.4 Å². The summed E-state index contributed by atoms with van der Waals surface area (Å²) in [5.74, 6) is 0.191. The number of fused-ring (bicyclic) bond motifs is 1. The molecule has 0 spiro atoms. The molecule has 0 saturated carbocycles. The van der Waals surface area contributed by atoms with Crippen LogP contribution in [0.15, 0.2) is 65.5 Å². The highest BCUT2D eigenvalue weighted by atomic mass is 16.4. The van der Waals surface area contributed by atoms with E-state index in [0.717, 1.165) is 5.69 Å². The molecule has 29 heavy (non-hydrogen) atoms. The Bertz CT molecular complexity index is 1180. The van der Waals surface area contributed by atoms with Crippen molar-refractivity contribution in [2.75, 3.05) is 14.1 Å². The van der Waals surface area contributed by atoms with Gasteiger partial charge in [0.05, 0.1) is 12.1 Å². The molecule has 3 aromatic heterocycles. The third-order valence-corrected chi connectivity index (χ3v) is 4.39. The second-order valence-electron chi connectivity index (χ2n) is 6.67. The van der Waals surface area contributed by atoms with Gasteiger partial charge in [-0.2, -0.15) is 0 Å². The lowest BCUT2D eigenvalue weighted by Crippen LogP contribution is -2.23. The predicted octanol–water partition coefficient (Wildman–Crippen LogP) is 2.65. The summed E-state index contributed by atoms with van der Waals surface area (Å²) in [6.45, 7) is 0.163. The van der Waals surface area contributed by atoms with Crippen LogP contribution in [0, 0.1) is 0 Å². The Balaban J connectivity index is 1.47. The fourth-order valence-electron chi connectivity index (χ4n) is 2.88. The van der Waals surface area contributed by atoms with E-state index in [9.17, 15) is 9.59 Å². The van der Waals surface area contributed by atoms with Crippen molar-refractivity contribution in [3.05, 3.63) is 78.1 Å². The molecule has 4 rings (SSSR count). The molecule has 0 saturated heterocycles. The summed E-state index contributed by atoms with van der Waals surface area (Å²) < 4.78 is 7.34. The van der Waals surface area contributed by atoms with Gasteiger partial charge >= 0.3 is 0 Å². The molecule has 1 aromatic carbocycles. The summed E-state index contributed by atoms with van der Waals surface area (Å²) in [5.41, 5.74) is 2.64. The Hall–Kier alpha value is -3.94. The topological polar surface area (TPSA) is 93.3 Å². The maximum absolute atomic E-state index is 12.5. The van der Waals surface area contributed by atoms with Crippen molar-refractivity contribution < 1.29 is 14.0 Å². The smallest absolute Gasteiger partial charge is 0.289 e. The normalized spacial score (nSPS) is 10.8. The van der Waals surface area contributed by atoms with Gasteiger partial charge in [-0.3, -0.25) is 14.2 Å². The highest BCUT2D eigenvalue weighted by Gasteiger charge is 2.15. The molecule has 2 amide bonds. The fraction of sp³-hybridized carbons (Fsp3) is 0.143. The van der Waals surface area contributed by atoms with Gasteiger partial charge in [-0.1, -0.05) is 18.2 Å². The third kappa shape index (κ3) is 3.73. The first-order valence-corrected chi connectivity index (χ1v) is 9.00. The highest BCUT2D eigenvalue weighted by Crippen LogP contribution is 2.17. The number of carbonyl (C=O) groups excluding carboxylic acids is 2. The average Bonchev–Trinajstić information content (AvgIpc) is 3.38. The van der Waals surface area contributed by atoms with Crippen molar-refractivity contribution in [3.63, 3.8) is 0 Å². The van der Waals surface area contributed by atoms with Crippen LogP contribution in [-0.2, 0) is 6.54 Å². The molecule has 8 heteroatoms. The number of hydrogen-bond acceptors (Lipinski definition) is 5. The molecule has 0 fully saturated rings. The van der Waals surface area contributed by atoms with E-state index in [1.54, 1.807) is 38.6 Å². The Morgan fingerprint density at radius 2 is 1.90 bits per heavy atom. The molecule has 0 bridgehead atoms. The van der Waals surface area contributed by atoms with E-state index in [1.165, 1.54) is 11.1 Å². The molecular formula is C21H19N5O3. The molecule has 0 unspecified atom stereocenters. The van der Waals surface area contributed by atoms with Gasteiger partial charge in [-0.05, 0) is 30.3 Å². The zero-order valence-electron chi connectivity index (χ0n) is 16.0. The van der Waals surface area contributed by atoms with Crippen LogP contribution in [0.2, 0.25) is 0 Å². The molecule has 0 radical (unpaired) electrons. The van der Waals surface area contributed by atoms with E-state index in [1.807, 2.05) is 34.9 Å². The van der Waals surface area contributed by atoms with Crippen molar-refractivity contribution in [2.24, 2.45) is 0 Å². The van der Waals surface area contributed by atoms with E-state index >= 15 is 0 Å². The lowest BCUT2D eigenvalue weighted by atomic mass is 10.2. The monoisotopic (exact) mass is 389 g/mol. The van der Waals surface area contributed by atoms with Crippen molar-refractivity contribution >= 4 is 23.0 Å². The number of nitrogens with zero attached hydrogens (tertiary/aromatic N) is 4. The first-order valence-electron chi connectivity index (χ1n) is 9.00. The number of aromatic nitrogens is 3. The second kappa shape index (κ2) is 7.59. The van der Waals surface area contributed by atoms with E-state index in [4.69, 9.17) is 4.42 Å². The van der Waals surface area contributed by atoms with E-state index in [0.29, 0.717) is 22.5 Å². The standard InChI is InChI=1S/C21H19N5O3/c1-25(2)21(28)18-9-8-16(29-18)12-23-20(27)14-10-17-19(22-11-14)26(13-24-17)15-6-4-3-5-7-15/h3-11,13H,12H2,1-2H3,(H,23,27). The molecule has 4 aromatic rings. The van der Waals surface area contributed by atoms with Crippen LogP contribution in [0.5, 0.6) is 0 Å². The number of nitrogens with one attached hydrogen (secondary N) is 1. The van der Waals surface area contributed by atoms with Crippen LogP contribution in [0.3, 0.4) is 0 Å². The number of carbonyl (C=O) groups is 2. The number of para-hydroxylation sites is 1. The molecule has 0 atom stereocenters. The second-order valence-corrected chi connectivity index (χ2v) is 6.67. The maximum Gasteiger partial charge on any atom is 0.289 e. The van der Waals surface area contributed by atoms with Gasteiger partial charge in [0.25, 0.3) is 11.8 Å². The minimum atomic E-state index is -0.300. The van der Waals surface area contributed by atoms with Crippen molar-refractivity contribution in [3.8, 4) is 5.69 Å². The van der Waals surface area contributed by atoms with Crippen LogP contribution in [-0.4, -0.2) is 45.3 Å². The molecule has 8 nitrogen and oxygen atoms in total. The number of pyridine rings is 1. The quantitative estimate of drug-likeness (QED) is 0.566. The fourth-order valence-corrected chi connectivity index (χ4v) is 2.88. The average molecular weight is 389 g/mol. The molecule has 0 aliphatic carbocycles. The first kappa shape index (κ1) is 18.4. The van der Waals surface area contributed by atoms with Crippen LogP contribution >= 0.6 is 0 Å². The van der Waals surface area contributed by atoms with Crippen LogP contribution < -0.4 is 5.32 Å². The largest absolute Gasteiger partial charge is 0.454 e. The maximum atomic E-state index is 12.5. The molecule has 3 heterocycles. The SMILES string of the molecule is CN(C)C(=O)c1ccc(CNC(=O)c2cnc3c(c2)ncn3-c2ccccc2)o1. The summed E-state index contributed by atoms with van der Waals surface area (Å²) in [6.07, 6.45) is 3.20. The predicted molar refractivity (Wildman–Crippen MR) is 107 cm³/mol. The van der Waals surface area contributed by atoms with Gasteiger partial charge < -0.3 is 14.6 Å². The van der Waals surface area contributed by atoms with E-state index in [2.05, 4.69) is 15.3 Å². The number of amides is 2. The Morgan fingerprint density at radius 3 is 2.66 bits per heavy atom.